The number of rotatable bonds is 11. The number of amides is 4. The number of alkyl carbamates (subject to hydrolysis) is 1. The summed E-state index contributed by atoms with van der Waals surface area (Å²) in [6.45, 7) is 9.39. The molecule has 3 aliphatic carbocycles. The maximum atomic E-state index is 14.5. The first-order valence-electron chi connectivity index (χ1n) is 17.1. The van der Waals surface area contributed by atoms with E-state index in [1.165, 1.54) is 11.0 Å². The van der Waals surface area contributed by atoms with Crippen LogP contribution in [0.15, 0.2) is 55.5 Å². The van der Waals surface area contributed by atoms with Crippen molar-refractivity contribution in [3.05, 3.63) is 55.5 Å². The lowest BCUT2D eigenvalue weighted by molar-refractivity contribution is -0.142. The summed E-state index contributed by atoms with van der Waals surface area (Å²) in [7, 11) is -3.87. The summed E-state index contributed by atoms with van der Waals surface area (Å²) in [5, 5.41) is 5.00. The van der Waals surface area contributed by atoms with E-state index in [-0.39, 0.29) is 31.5 Å². The first-order chi connectivity index (χ1) is 23.2. The smallest absolute Gasteiger partial charge is 0.408 e. The first-order valence-corrected chi connectivity index (χ1v) is 18.6. The van der Waals surface area contributed by atoms with Crippen molar-refractivity contribution in [2.24, 2.45) is 11.3 Å². The van der Waals surface area contributed by atoms with Crippen molar-refractivity contribution in [1.82, 2.24) is 29.8 Å². The average Bonchev–Trinajstić information content (AvgIpc) is 3.82. The van der Waals surface area contributed by atoms with Crippen LogP contribution in [0.5, 0.6) is 0 Å². The Morgan fingerprint density at radius 2 is 1.78 bits per heavy atom. The zero-order valence-corrected chi connectivity index (χ0v) is 29.1. The number of carbonyl (C=O) groups is 4. The molecule has 1 aromatic carbocycles. The Morgan fingerprint density at radius 3 is 2.39 bits per heavy atom. The Kier molecular flexibility index (Phi) is 9.38. The van der Waals surface area contributed by atoms with Crippen LogP contribution in [0.25, 0.3) is 11.3 Å². The van der Waals surface area contributed by atoms with Crippen molar-refractivity contribution in [3.8, 4) is 11.3 Å². The van der Waals surface area contributed by atoms with Gasteiger partial charge < -0.3 is 24.8 Å². The minimum atomic E-state index is -3.87. The van der Waals surface area contributed by atoms with Gasteiger partial charge in [-0.2, -0.15) is 0 Å². The van der Waals surface area contributed by atoms with Crippen LogP contribution in [-0.2, 0) is 29.1 Å². The molecule has 2 heterocycles. The number of sulfonamides is 1. The third kappa shape index (κ3) is 7.38. The molecule has 1 aromatic heterocycles. The summed E-state index contributed by atoms with van der Waals surface area (Å²) in [6.07, 6.45) is 9.01. The fourth-order valence-corrected chi connectivity index (χ4v) is 8.32. The van der Waals surface area contributed by atoms with Gasteiger partial charge in [0.2, 0.25) is 21.8 Å². The molecule has 4 fully saturated rings. The van der Waals surface area contributed by atoms with E-state index in [1.54, 1.807) is 6.33 Å². The summed E-state index contributed by atoms with van der Waals surface area (Å²) in [5.74, 6) is -2.35. The van der Waals surface area contributed by atoms with Gasteiger partial charge in [0, 0.05) is 24.2 Å². The molecule has 6 rings (SSSR count). The third-order valence-electron chi connectivity index (χ3n) is 10.2. The third-order valence-corrected chi connectivity index (χ3v) is 12.0. The molecule has 14 heteroatoms. The minimum absolute atomic E-state index is 0.133. The topological polar surface area (TPSA) is 169 Å². The predicted octanol–water partition coefficient (Wildman–Crippen LogP) is 3.44. The molecule has 4 amide bonds. The van der Waals surface area contributed by atoms with Crippen molar-refractivity contribution >= 4 is 33.8 Å². The van der Waals surface area contributed by atoms with Crippen LogP contribution < -0.4 is 15.4 Å². The van der Waals surface area contributed by atoms with Gasteiger partial charge in [-0.05, 0) is 56.8 Å². The number of carbonyl (C=O) groups excluding carboxylic acids is 4. The van der Waals surface area contributed by atoms with E-state index in [1.807, 2.05) is 61.9 Å². The lowest BCUT2D eigenvalue weighted by Gasteiger charge is -2.35. The number of nitrogens with zero attached hydrogens (tertiary/aromatic N) is 3. The first kappa shape index (κ1) is 34.7. The second-order valence-electron chi connectivity index (χ2n) is 14.9. The van der Waals surface area contributed by atoms with Crippen LogP contribution in [0.1, 0.15) is 78.2 Å². The molecule has 13 nitrogen and oxygen atoms in total. The molecule has 0 unspecified atom stereocenters. The Hall–Kier alpha value is -4.20. The molecule has 0 radical (unpaired) electrons. The van der Waals surface area contributed by atoms with Gasteiger partial charge in [-0.1, -0.05) is 57.2 Å². The second-order valence-corrected chi connectivity index (χ2v) is 16.9. The monoisotopic (exact) mass is 694 g/mol. The number of hydrogen-bond acceptors (Lipinski definition) is 8. The summed E-state index contributed by atoms with van der Waals surface area (Å²) < 4.78 is 35.0. The Morgan fingerprint density at radius 1 is 1.08 bits per heavy atom. The number of ether oxygens (including phenoxy) is 1. The molecule has 1 saturated heterocycles. The number of aromatic nitrogens is 2. The molecule has 1 aliphatic heterocycles. The normalized spacial score (nSPS) is 26.1. The van der Waals surface area contributed by atoms with Crippen molar-refractivity contribution in [3.63, 3.8) is 0 Å². The van der Waals surface area contributed by atoms with Crippen LogP contribution in [0, 0.1) is 11.3 Å². The standard InChI is InChI=1S/C35H46N6O7S/c1-5-23-18-35(23,32(44)39-49(46,47)26-15-16-26)38-30(42)28-17-24(40-20-27(36-21-40)22-11-7-6-8-12-22)19-41(28)31(43)29(34(2,3)4)37-33(45)48-25-13-9-10-14-25/h5-8,11-12,20-21,23-26,28-29H,1,9-10,13-19H2,2-4H3,(H,37,45)(H,38,42)(H,39,44)/t23-,24-,28+,29-,35-/m1/s1. The highest BCUT2D eigenvalue weighted by Crippen LogP contribution is 2.46. The van der Waals surface area contributed by atoms with E-state index in [2.05, 4.69) is 26.9 Å². The van der Waals surface area contributed by atoms with Crippen molar-refractivity contribution in [2.45, 2.75) is 107 Å². The SMILES string of the molecule is C=C[C@@H]1C[C@]1(NC(=O)[C@@H]1C[C@@H](n2cnc(-c3ccccc3)c2)CN1C(=O)[C@@H](NC(=O)OC1CCCC1)C(C)(C)C)C(=O)NS(=O)(=O)C1CC1. The molecule has 4 aliphatic rings. The fraction of sp³-hybridized carbons (Fsp3) is 0.571. The summed E-state index contributed by atoms with van der Waals surface area (Å²) in [5.41, 5.74) is -0.606. The van der Waals surface area contributed by atoms with Crippen LogP contribution in [0.3, 0.4) is 0 Å². The average molecular weight is 695 g/mol. The maximum Gasteiger partial charge on any atom is 0.408 e. The summed E-state index contributed by atoms with van der Waals surface area (Å²) >= 11 is 0. The zero-order chi connectivity index (χ0) is 35.1. The summed E-state index contributed by atoms with van der Waals surface area (Å²) in [6, 6.07) is 7.21. The minimum Gasteiger partial charge on any atom is -0.446 e. The molecular formula is C35H46N6O7S. The van der Waals surface area contributed by atoms with E-state index in [9.17, 15) is 27.6 Å². The van der Waals surface area contributed by atoms with Crippen LogP contribution in [0.2, 0.25) is 0 Å². The number of hydrogen-bond donors (Lipinski definition) is 3. The Labute approximate surface area is 287 Å². The van der Waals surface area contributed by atoms with Crippen molar-refractivity contribution in [1.29, 1.82) is 0 Å². The van der Waals surface area contributed by atoms with Gasteiger partial charge in [-0.25, -0.2) is 18.2 Å². The molecule has 5 atom stereocenters. The van der Waals surface area contributed by atoms with Gasteiger partial charge in [0.05, 0.1) is 23.3 Å². The maximum absolute atomic E-state index is 14.5. The molecule has 49 heavy (non-hydrogen) atoms. The molecule has 3 N–H and O–H groups in total. The molecule has 264 valence electrons. The number of likely N-dealkylation sites (tertiary alicyclic amines) is 1. The van der Waals surface area contributed by atoms with Crippen LogP contribution in [-0.4, -0.2) is 82.2 Å². The van der Waals surface area contributed by atoms with Gasteiger partial charge in [-0.3, -0.25) is 19.1 Å². The summed E-state index contributed by atoms with van der Waals surface area (Å²) in [4.78, 5) is 61.1. The fourth-order valence-electron chi connectivity index (χ4n) is 6.96. The number of benzene rings is 1. The zero-order valence-electron chi connectivity index (χ0n) is 28.3. The van der Waals surface area contributed by atoms with E-state index in [0.29, 0.717) is 12.8 Å². The van der Waals surface area contributed by atoms with Gasteiger partial charge >= 0.3 is 6.09 Å². The largest absolute Gasteiger partial charge is 0.446 e. The molecule has 2 aromatic rings. The number of imidazole rings is 1. The van der Waals surface area contributed by atoms with Crippen molar-refractivity contribution in [2.75, 3.05) is 6.54 Å². The highest BCUT2D eigenvalue weighted by Gasteiger charge is 2.62. The molecule has 0 bridgehead atoms. The van der Waals surface area contributed by atoms with E-state index >= 15 is 0 Å². The second kappa shape index (κ2) is 13.3. The van der Waals surface area contributed by atoms with E-state index in [0.717, 1.165) is 36.9 Å². The van der Waals surface area contributed by atoms with Crippen LogP contribution >= 0.6 is 0 Å². The highest BCUT2D eigenvalue weighted by atomic mass is 32.2. The Balaban J connectivity index is 1.26. The highest BCUT2D eigenvalue weighted by molar-refractivity contribution is 7.91. The van der Waals surface area contributed by atoms with E-state index in [4.69, 9.17) is 4.74 Å². The van der Waals surface area contributed by atoms with Gasteiger partial charge in [0.1, 0.15) is 23.7 Å². The molecule has 3 saturated carbocycles. The quantitative estimate of drug-likeness (QED) is 0.301. The van der Waals surface area contributed by atoms with Gasteiger partial charge in [0.15, 0.2) is 0 Å². The lowest BCUT2D eigenvalue weighted by Crippen LogP contribution is -2.60. The number of nitrogens with one attached hydrogen (secondary N) is 3. The van der Waals surface area contributed by atoms with Crippen molar-refractivity contribution < 1.29 is 32.3 Å². The molecular weight excluding hydrogens is 648 g/mol. The van der Waals surface area contributed by atoms with Crippen LogP contribution in [0.4, 0.5) is 4.79 Å². The molecule has 0 spiro atoms. The lowest BCUT2D eigenvalue weighted by atomic mass is 9.85. The Bertz CT molecular complexity index is 1710. The van der Waals surface area contributed by atoms with E-state index < -0.39 is 68.0 Å². The predicted molar refractivity (Wildman–Crippen MR) is 181 cm³/mol. The van der Waals surface area contributed by atoms with Gasteiger partial charge in [-0.15, -0.1) is 6.58 Å². The van der Waals surface area contributed by atoms with Gasteiger partial charge in [0.25, 0.3) is 5.91 Å².